The van der Waals surface area contributed by atoms with Gasteiger partial charge in [0.2, 0.25) is 0 Å². The fraction of sp³-hybridized carbons (Fsp3) is 0.481. The number of allylic oxidation sites excluding steroid dienone is 2. The van der Waals surface area contributed by atoms with Crippen molar-refractivity contribution in [3.8, 4) is 0 Å². The summed E-state index contributed by atoms with van der Waals surface area (Å²) in [7, 11) is 0. The summed E-state index contributed by atoms with van der Waals surface area (Å²) in [6.45, 7) is 18.6. The average molecular weight is 481 g/mol. The number of pyridine rings is 1. The molecule has 0 bridgehead atoms. The fourth-order valence-electron chi connectivity index (χ4n) is 4.64. The Hall–Kier alpha value is -2.35. The lowest BCUT2D eigenvalue weighted by molar-refractivity contribution is 0.134. The highest BCUT2D eigenvalue weighted by Crippen LogP contribution is 2.30. The van der Waals surface area contributed by atoms with Crippen molar-refractivity contribution in [1.29, 1.82) is 0 Å². The van der Waals surface area contributed by atoms with E-state index in [0.29, 0.717) is 18.5 Å². The monoisotopic (exact) mass is 480 g/mol. The van der Waals surface area contributed by atoms with E-state index in [-0.39, 0.29) is 5.56 Å². The van der Waals surface area contributed by atoms with E-state index in [4.69, 9.17) is 4.74 Å². The molecule has 0 aliphatic carbocycles. The third-order valence-corrected chi connectivity index (χ3v) is 7.77. The zero-order valence-electron chi connectivity index (χ0n) is 20.8. The van der Waals surface area contributed by atoms with Crippen LogP contribution in [0, 0.1) is 6.92 Å². The van der Waals surface area contributed by atoms with Gasteiger partial charge in [0.05, 0.1) is 24.0 Å². The highest BCUT2D eigenvalue weighted by atomic mass is 32.2. The quantitative estimate of drug-likeness (QED) is 0.513. The molecule has 4 heterocycles. The molecule has 7 heteroatoms. The molecule has 6 nitrogen and oxygen atoms in total. The first-order chi connectivity index (χ1) is 16.4. The highest BCUT2D eigenvalue weighted by Gasteiger charge is 2.28. The molecule has 2 aromatic rings. The maximum Gasteiger partial charge on any atom is 0.254 e. The Labute approximate surface area is 206 Å². The summed E-state index contributed by atoms with van der Waals surface area (Å²) in [6, 6.07) is 4.46. The number of rotatable bonds is 3. The van der Waals surface area contributed by atoms with Crippen LogP contribution >= 0.6 is 11.9 Å². The second-order valence-electron chi connectivity index (χ2n) is 9.17. The number of nitrogens with zero attached hydrogens (tertiary/aromatic N) is 3. The van der Waals surface area contributed by atoms with Gasteiger partial charge in [-0.2, -0.15) is 4.40 Å². The average Bonchev–Trinajstić information content (AvgIpc) is 3.47. The Kier molecular flexibility index (Phi) is 7.96. The molecule has 1 atom stereocenters. The van der Waals surface area contributed by atoms with Crippen LogP contribution < -0.4 is 5.56 Å². The van der Waals surface area contributed by atoms with Crippen LogP contribution in [0.1, 0.15) is 43.0 Å². The minimum absolute atomic E-state index is 0.00827. The van der Waals surface area contributed by atoms with Crippen LogP contribution in [0.4, 0.5) is 0 Å². The van der Waals surface area contributed by atoms with E-state index in [0.717, 1.165) is 78.1 Å². The third kappa shape index (κ3) is 5.16. The van der Waals surface area contributed by atoms with Crippen LogP contribution in [0.2, 0.25) is 0 Å². The van der Waals surface area contributed by atoms with E-state index in [1.54, 1.807) is 11.9 Å². The first-order valence-electron chi connectivity index (χ1n) is 12.2. The van der Waals surface area contributed by atoms with E-state index >= 15 is 0 Å². The first kappa shape index (κ1) is 24.8. The van der Waals surface area contributed by atoms with Crippen molar-refractivity contribution in [2.75, 3.05) is 32.7 Å². The molecule has 0 spiro atoms. The Bertz CT molecular complexity index is 1170. The number of piperazine rings is 1. The zero-order valence-corrected chi connectivity index (χ0v) is 21.6. The van der Waals surface area contributed by atoms with Gasteiger partial charge in [-0.15, -0.1) is 0 Å². The molecule has 0 radical (unpaired) electrons. The number of aromatic nitrogens is 1. The summed E-state index contributed by atoms with van der Waals surface area (Å²) >= 11 is 1.63. The molecular formula is C27H36N4O2S. The van der Waals surface area contributed by atoms with Gasteiger partial charge in [0.15, 0.2) is 0 Å². The Balaban J connectivity index is 0.000000636. The van der Waals surface area contributed by atoms with Gasteiger partial charge in [-0.25, -0.2) is 0 Å². The molecule has 0 amide bonds. The molecule has 1 N–H and O–H groups in total. The second kappa shape index (κ2) is 10.9. The number of ether oxygens (including phenoxy) is 1. The van der Waals surface area contributed by atoms with Crippen molar-refractivity contribution in [1.82, 2.24) is 14.8 Å². The van der Waals surface area contributed by atoms with E-state index in [1.807, 2.05) is 26.0 Å². The predicted molar refractivity (Wildman–Crippen MR) is 144 cm³/mol. The van der Waals surface area contributed by atoms with Gasteiger partial charge >= 0.3 is 0 Å². The van der Waals surface area contributed by atoms with E-state index in [1.165, 1.54) is 5.56 Å². The zero-order chi connectivity index (χ0) is 24.2. The van der Waals surface area contributed by atoms with Gasteiger partial charge in [-0.3, -0.25) is 9.69 Å². The Morgan fingerprint density at radius 2 is 1.88 bits per heavy atom. The minimum Gasteiger partial charge on any atom is -0.372 e. The van der Waals surface area contributed by atoms with Crippen molar-refractivity contribution in [3.63, 3.8) is 0 Å². The van der Waals surface area contributed by atoms with Crippen LogP contribution in [0.25, 0.3) is 10.9 Å². The van der Waals surface area contributed by atoms with E-state index in [2.05, 4.69) is 51.7 Å². The number of H-pyrrole nitrogens is 1. The number of fused-ring (bicyclic) bond motifs is 3. The van der Waals surface area contributed by atoms with Gasteiger partial charge in [-0.05, 0) is 68.8 Å². The van der Waals surface area contributed by atoms with Crippen molar-refractivity contribution in [2.45, 2.75) is 52.6 Å². The number of nitrogens with one attached hydrogen (secondary N) is 1. The lowest BCUT2D eigenvalue weighted by Gasteiger charge is -2.36. The number of aromatic amines is 1. The highest BCUT2D eigenvalue weighted by molar-refractivity contribution is 7.99. The van der Waals surface area contributed by atoms with Crippen LogP contribution in [0.15, 0.2) is 45.6 Å². The summed E-state index contributed by atoms with van der Waals surface area (Å²) in [6.07, 6.45) is 5.01. The smallest absolute Gasteiger partial charge is 0.254 e. The van der Waals surface area contributed by atoms with Crippen molar-refractivity contribution in [2.24, 2.45) is 4.40 Å². The Morgan fingerprint density at radius 3 is 2.53 bits per heavy atom. The van der Waals surface area contributed by atoms with E-state index < -0.39 is 0 Å². The molecule has 3 aliphatic rings. The molecule has 1 aromatic heterocycles. The van der Waals surface area contributed by atoms with Gasteiger partial charge < -0.3 is 14.6 Å². The molecular weight excluding hydrogens is 444 g/mol. The van der Waals surface area contributed by atoms with Gasteiger partial charge in [0, 0.05) is 49.2 Å². The van der Waals surface area contributed by atoms with Crippen LogP contribution in [-0.4, -0.2) is 58.6 Å². The SMILES string of the molecule is C/C=C\C.C=C1C(N2CCN(CCc3cc(C)c4[nH]c(=O)c5c(c4c3)COC5)CC2)=NSC1C. The molecule has 182 valence electrons. The second-order valence-corrected chi connectivity index (χ2v) is 10.3. The topological polar surface area (TPSA) is 60.9 Å². The molecule has 0 saturated carbocycles. The van der Waals surface area contributed by atoms with Crippen LogP contribution in [-0.2, 0) is 24.4 Å². The summed E-state index contributed by atoms with van der Waals surface area (Å²) < 4.78 is 10.2. The minimum atomic E-state index is -0.00827. The predicted octanol–water partition coefficient (Wildman–Crippen LogP) is 4.61. The standard InChI is InChI=1S/C23H28N4O2S.C4H8/c1-14-10-17(11-18-19-12-29-13-20(19)23(28)24-21(14)18)4-5-26-6-8-27(9-7-26)22-15(2)16(3)30-25-22;1-3-4-2/h10-11,16H,2,4-9,12-13H2,1,3H3,(H,24,28);3-4H,1-2H3/b;4-3-. The van der Waals surface area contributed by atoms with Crippen LogP contribution in [0.5, 0.6) is 0 Å². The molecule has 34 heavy (non-hydrogen) atoms. The first-order valence-corrected chi connectivity index (χ1v) is 13.0. The number of hydrogen-bond donors (Lipinski definition) is 1. The lowest BCUT2D eigenvalue weighted by atomic mass is 9.98. The molecule has 1 fully saturated rings. The largest absolute Gasteiger partial charge is 0.372 e. The fourth-order valence-corrected chi connectivity index (χ4v) is 5.36. The lowest BCUT2D eigenvalue weighted by Crippen LogP contribution is -2.49. The maximum atomic E-state index is 12.3. The summed E-state index contributed by atoms with van der Waals surface area (Å²) in [5, 5.41) is 1.54. The molecule has 5 rings (SSSR count). The normalized spacial score (nSPS) is 20.6. The van der Waals surface area contributed by atoms with Gasteiger partial charge in [0.1, 0.15) is 5.84 Å². The summed E-state index contributed by atoms with van der Waals surface area (Å²) in [5.74, 6) is 1.10. The molecule has 1 saturated heterocycles. The van der Waals surface area contributed by atoms with Crippen LogP contribution in [0.3, 0.4) is 0 Å². The summed E-state index contributed by atoms with van der Waals surface area (Å²) in [5.41, 5.74) is 6.41. The number of aryl methyl sites for hydroxylation is 1. The van der Waals surface area contributed by atoms with Crippen molar-refractivity contribution >= 4 is 28.7 Å². The molecule has 3 aliphatic heterocycles. The maximum absolute atomic E-state index is 12.3. The van der Waals surface area contributed by atoms with Crippen molar-refractivity contribution in [3.05, 3.63) is 69.0 Å². The Morgan fingerprint density at radius 1 is 1.18 bits per heavy atom. The molecule has 1 aromatic carbocycles. The summed E-state index contributed by atoms with van der Waals surface area (Å²) in [4.78, 5) is 20.3. The van der Waals surface area contributed by atoms with Crippen molar-refractivity contribution < 1.29 is 4.74 Å². The van der Waals surface area contributed by atoms with E-state index in [9.17, 15) is 4.79 Å². The third-order valence-electron chi connectivity index (χ3n) is 6.89. The van der Waals surface area contributed by atoms with Gasteiger partial charge in [-0.1, -0.05) is 24.8 Å². The number of benzene rings is 1. The number of hydrogen-bond acceptors (Lipinski definition) is 6. The molecule has 1 unspecified atom stereocenters. The number of amidine groups is 1. The van der Waals surface area contributed by atoms with Gasteiger partial charge in [0.25, 0.3) is 5.56 Å².